The summed E-state index contributed by atoms with van der Waals surface area (Å²) < 4.78 is 13.3. The highest BCUT2D eigenvalue weighted by molar-refractivity contribution is 5.94. The summed E-state index contributed by atoms with van der Waals surface area (Å²) in [7, 11) is 0. The van der Waals surface area contributed by atoms with E-state index in [9.17, 15) is 9.18 Å². The maximum atomic E-state index is 13.3. The number of nitrogens with one attached hydrogen (secondary N) is 1. The topological polar surface area (TPSA) is 49.3 Å². The van der Waals surface area contributed by atoms with Crippen LogP contribution in [-0.4, -0.2) is 17.6 Å². The van der Waals surface area contributed by atoms with E-state index >= 15 is 0 Å². The predicted octanol–water partition coefficient (Wildman–Crippen LogP) is 2.59. The molecule has 0 bridgehead atoms. The molecule has 1 saturated carbocycles. The lowest BCUT2D eigenvalue weighted by atomic mass is 10.1. The second-order valence-electron chi connectivity index (χ2n) is 4.32. The van der Waals surface area contributed by atoms with Gasteiger partial charge in [0.15, 0.2) is 0 Å². The molecule has 0 saturated heterocycles. The Balaban J connectivity index is 2.12. The standard InChI is InChI=1S/C12H14FNO2/c1-7-5-8(7)6-14-10-4-2-3-9(13)11(10)12(15)16/h2-4,7-8,14H,5-6H2,1H3,(H,15,16). The van der Waals surface area contributed by atoms with Gasteiger partial charge in [-0.1, -0.05) is 13.0 Å². The summed E-state index contributed by atoms with van der Waals surface area (Å²) in [5, 5.41) is 11.9. The fraction of sp³-hybridized carbons (Fsp3) is 0.417. The molecule has 2 unspecified atom stereocenters. The molecule has 16 heavy (non-hydrogen) atoms. The zero-order valence-corrected chi connectivity index (χ0v) is 9.03. The molecule has 0 heterocycles. The number of carbonyl (C=O) groups is 1. The van der Waals surface area contributed by atoms with Crippen LogP contribution in [0.1, 0.15) is 23.7 Å². The van der Waals surface area contributed by atoms with Crippen molar-refractivity contribution in [2.45, 2.75) is 13.3 Å². The lowest BCUT2D eigenvalue weighted by Gasteiger charge is -2.09. The van der Waals surface area contributed by atoms with Crippen molar-refractivity contribution in [3.8, 4) is 0 Å². The molecule has 1 fully saturated rings. The molecular formula is C12H14FNO2. The molecule has 1 aromatic rings. The Kier molecular flexibility index (Phi) is 2.81. The molecule has 4 heteroatoms. The number of anilines is 1. The van der Waals surface area contributed by atoms with Crippen LogP contribution in [0.4, 0.5) is 10.1 Å². The third-order valence-electron chi connectivity index (χ3n) is 3.06. The van der Waals surface area contributed by atoms with Crippen molar-refractivity contribution in [1.82, 2.24) is 0 Å². The van der Waals surface area contributed by atoms with Crippen molar-refractivity contribution < 1.29 is 14.3 Å². The van der Waals surface area contributed by atoms with Crippen LogP contribution >= 0.6 is 0 Å². The Bertz CT molecular complexity index is 419. The van der Waals surface area contributed by atoms with Gasteiger partial charge in [-0.25, -0.2) is 9.18 Å². The van der Waals surface area contributed by atoms with Crippen molar-refractivity contribution >= 4 is 11.7 Å². The molecule has 0 amide bonds. The first-order valence-corrected chi connectivity index (χ1v) is 5.35. The Morgan fingerprint density at radius 1 is 1.62 bits per heavy atom. The Morgan fingerprint density at radius 2 is 2.31 bits per heavy atom. The molecular weight excluding hydrogens is 209 g/mol. The van der Waals surface area contributed by atoms with Crippen LogP contribution in [0.2, 0.25) is 0 Å². The average Bonchev–Trinajstić information content (AvgIpc) is 2.91. The third kappa shape index (κ3) is 2.15. The molecule has 1 aliphatic rings. The van der Waals surface area contributed by atoms with Crippen molar-refractivity contribution in [3.05, 3.63) is 29.6 Å². The van der Waals surface area contributed by atoms with Crippen LogP contribution in [0.25, 0.3) is 0 Å². The molecule has 86 valence electrons. The molecule has 0 radical (unpaired) electrons. The number of hydrogen-bond acceptors (Lipinski definition) is 2. The Labute approximate surface area is 93.3 Å². The van der Waals surface area contributed by atoms with Gasteiger partial charge in [-0.15, -0.1) is 0 Å². The Hall–Kier alpha value is -1.58. The van der Waals surface area contributed by atoms with E-state index in [0.29, 0.717) is 24.1 Å². The van der Waals surface area contributed by atoms with E-state index in [4.69, 9.17) is 5.11 Å². The van der Waals surface area contributed by atoms with Gasteiger partial charge in [0, 0.05) is 6.54 Å². The molecule has 0 spiro atoms. The summed E-state index contributed by atoms with van der Waals surface area (Å²) in [6, 6.07) is 4.27. The number of halogens is 1. The second-order valence-corrected chi connectivity index (χ2v) is 4.32. The average molecular weight is 223 g/mol. The summed E-state index contributed by atoms with van der Waals surface area (Å²) in [6.45, 7) is 2.86. The minimum atomic E-state index is -1.23. The number of aromatic carboxylic acids is 1. The fourth-order valence-electron chi connectivity index (χ4n) is 1.81. The van der Waals surface area contributed by atoms with E-state index in [1.807, 2.05) is 0 Å². The molecule has 1 aliphatic carbocycles. The third-order valence-corrected chi connectivity index (χ3v) is 3.06. The lowest BCUT2D eigenvalue weighted by molar-refractivity contribution is 0.0693. The summed E-state index contributed by atoms with van der Waals surface area (Å²) >= 11 is 0. The van der Waals surface area contributed by atoms with Crippen molar-refractivity contribution in [1.29, 1.82) is 0 Å². The zero-order valence-electron chi connectivity index (χ0n) is 9.03. The van der Waals surface area contributed by atoms with Crippen LogP contribution in [0.15, 0.2) is 18.2 Å². The van der Waals surface area contributed by atoms with Gasteiger partial charge in [-0.2, -0.15) is 0 Å². The quantitative estimate of drug-likeness (QED) is 0.824. The molecule has 2 rings (SSSR count). The summed E-state index contributed by atoms with van der Waals surface area (Å²) in [4.78, 5) is 10.9. The summed E-state index contributed by atoms with van der Waals surface area (Å²) in [5.74, 6) is -0.648. The van der Waals surface area contributed by atoms with Gasteiger partial charge in [0.25, 0.3) is 0 Å². The smallest absolute Gasteiger partial charge is 0.340 e. The van der Waals surface area contributed by atoms with Crippen molar-refractivity contribution in [2.24, 2.45) is 11.8 Å². The lowest BCUT2D eigenvalue weighted by Crippen LogP contribution is -2.11. The van der Waals surface area contributed by atoms with Gasteiger partial charge in [-0.3, -0.25) is 0 Å². The maximum absolute atomic E-state index is 13.3. The molecule has 2 atom stereocenters. The number of benzene rings is 1. The largest absolute Gasteiger partial charge is 0.478 e. The summed E-state index contributed by atoms with van der Waals surface area (Å²) in [6.07, 6.45) is 1.16. The number of carboxylic acid groups (broad SMARTS) is 1. The van der Waals surface area contributed by atoms with Gasteiger partial charge in [0.1, 0.15) is 11.4 Å². The van der Waals surface area contributed by atoms with Gasteiger partial charge in [0.05, 0.1) is 5.69 Å². The van der Waals surface area contributed by atoms with E-state index < -0.39 is 11.8 Å². The predicted molar refractivity (Wildman–Crippen MR) is 59.1 cm³/mol. The first kappa shape index (κ1) is 10.9. The van der Waals surface area contributed by atoms with E-state index in [1.165, 1.54) is 6.07 Å². The van der Waals surface area contributed by atoms with E-state index in [2.05, 4.69) is 12.2 Å². The van der Waals surface area contributed by atoms with Gasteiger partial charge >= 0.3 is 5.97 Å². The molecule has 2 N–H and O–H groups in total. The summed E-state index contributed by atoms with van der Waals surface area (Å²) in [5.41, 5.74) is 0.0994. The SMILES string of the molecule is CC1CC1CNc1cccc(F)c1C(=O)O. The van der Waals surface area contributed by atoms with Crippen molar-refractivity contribution in [3.63, 3.8) is 0 Å². The number of hydrogen-bond donors (Lipinski definition) is 2. The highest BCUT2D eigenvalue weighted by Crippen LogP contribution is 2.37. The molecule has 0 aromatic heterocycles. The second kappa shape index (κ2) is 4.12. The van der Waals surface area contributed by atoms with Crippen LogP contribution < -0.4 is 5.32 Å². The Morgan fingerprint density at radius 3 is 2.88 bits per heavy atom. The minimum absolute atomic E-state index is 0.268. The monoisotopic (exact) mass is 223 g/mol. The van der Waals surface area contributed by atoms with Crippen LogP contribution in [0.3, 0.4) is 0 Å². The zero-order chi connectivity index (χ0) is 11.7. The maximum Gasteiger partial charge on any atom is 0.340 e. The van der Waals surface area contributed by atoms with E-state index in [-0.39, 0.29) is 5.56 Å². The highest BCUT2D eigenvalue weighted by atomic mass is 19.1. The normalized spacial score (nSPS) is 22.9. The van der Waals surface area contributed by atoms with Gasteiger partial charge in [-0.05, 0) is 30.4 Å². The first-order chi connectivity index (χ1) is 7.59. The number of carboxylic acids is 1. The van der Waals surface area contributed by atoms with Crippen LogP contribution in [0, 0.1) is 17.7 Å². The minimum Gasteiger partial charge on any atom is -0.478 e. The van der Waals surface area contributed by atoms with Gasteiger partial charge < -0.3 is 10.4 Å². The molecule has 0 aliphatic heterocycles. The first-order valence-electron chi connectivity index (χ1n) is 5.35. The molecule has 1 aromatic carbocycles. The van der Waals surface area contributed by atoms with Gasteiger partial charge in [0.2, 0.25) is 0 Å². The van der Waals surface area contributed by atoms with Crippen LogP contribution in [0.5, 0.6) is 0 Å². The highest BCUT2D eigenvalue weighted by Gasteiger charge is 2.32. The molecule has 3 nitrogen and oxygen atoms in total. The van der Waals surface area contributed by atoms with E-state index in [0.717, 1.165) is 12.5 Å². The van der Waals surface area contributed by atoms with Crippen LogP contribution in [-0.2, 0) is 0 Å². The van der Waals surface area contributed by atoms with E-state index in [1.54, 1.807) is 6.07 Å². The number of rotatable bonds is 4. The van der Waals surface area contributed by atoms with Crippen molar-refractivity contribution in [2.75, 3.05) is 11.9 Å². The fourth-order valence-corrected chi connectivity index (χ4v) is 1.81.